The van der Waals surface area contributed by atoms with Gasteiger partial charge in [0.15, 0.2) is 0 Å². The van der Waals surface area contributed by atoms with Crippen molar-refractivity contribution in [3.8, 4) is 0 Å². The number of rotatable bonds is 4. The van der Waals surface area contributed by atoms with Gasteiger partial charge in [-0.05, 0) is 18.2 Å². The molecule has 0 aliphatic carbocycles. The van der Waals surface area contributed by atoms with Crippen molar-refractivity contribution in [1.82, 2.24) is 9.88 Å². The number of carbonyl (C=O) groups excluding carboxylic acids is 1. The van der Waals surface area contributed by atoms with Crippen molar-refractivity contribution in [3.05, 3.63) is 36.3 Å². The SMILES string of the molecule is O=C(O)C1=CCS[C@H]2C(CSc3cccnc3)C(=O)N12. The molecule has 2 atom stereocenters. The van der Waals surface area contributed by atoms with Crippen LogP contribution in [0.4, 0.5) is 0 Å². The topological polar surface area (TPSA) is 70.5 Å². The first-order valence-corrected chi connectivity index (χ1v) is 8.13. The van der Waals surface area contributed by atoms with E-state index in [1.807, 2.05) is 12.1 Å². The summed E-state index contributed by atoms with van der Waals surface area (Å²) in [5.74, 6) is 0.0675. The third-order valence-electron chi connectivity index (χ3n) is 3.24. The van der Waals surface area contributed by atoms with Crippen LogP contribution in [-0.4, -0.2) is 43.7 Å². The quantitative estimate of drug-likeness (QED) is 0.674. The molecular weight excluding hydrogens is 296 g/mol. The first-order chi connectivity index (χ1) is 9.68. The molecule has 0 bridgehead atoms. The van der Waals surface area contributed by atoms with E-state index in [4.69, 9.17) is 5.11 Å². The second-order valence-corrected chi connectivity index (χ2v) is 6.68. The first-order valence-electron chi connectivity index (χ1n) is 6.09. The van der Waals surface area contributed by atoms with Crippen LogP contribution < -0.4 is 0 Å². The number of amides is 1. The summed E-state index contributed by atoms with van der Waals surface area (Å²) in [6.07, 6.45) is 5.08. The van der Waals surface area contributed by atoms with Crippen LogP contribution in [0.25, 0.3) is 0 Å². The molecule has 1 N–H and O–H groups in total. The number of aliphatic carboxylic acids is 1. The highest BCUT2D eigenvalue weighted by Crippen LogP contribution is 2.43. The van der Waals surface area contributed by atoms with Crippen molar-refractivity contribution < 1.29 is 14.7 Å². The van der Waals surface area contributed by atoms with Crippen molar-refractivity contribution in [3.63, 3.8) is 0 Å². The molecule has 1 unspecified atom stereocenters. The summed E-state index contributed by atoms with van der Waals surface area (Å²) in [6, 6.07) is 3.81. The highest BCUT2D eigenvalue weighted by atomic mass is 32.2. The molecule has 20 heavy (non-hydrogen) atoms. The van der Waals surface area contributed by atoms with Gasteiger partial charge in [-0.2, -0.15) is 0 Å². The number of carbonyl (C=O) groups is 2. The van der Waals surface area contributed by atoms with Crippen LogP contribution in [0.3, 0.4) is 0 Å². The zero-order valence-electron chi connectivity index (χ0n) is 10.4. The highest BCUT2D eigenvalue weighted by Gasteiger charge is 2.51. The number of carboxylic acid groups (broad SMARTS) is 1. The molecule has 3 heterocycles. The maximum Gasteiger partial charge on any atom is 0.352 e. The molecule has 3 rings (SSSR count). The smallest absolute Gasteiger partial charge is 0.352 e. The van der Waals surface area contributed by atoms with Crippen LogP contribution in [0.2, 0.25) is 0 Å². The van der Waals surface area contributed by atoms with Gasteiger partial charge in [-0.25, -0.2) is 4.79 Å². The highest BCUT2D eigenvalue weighted by molar-refractivity contribution is 8.00. The Balaban J connectivity index is 1.65. The molecule has 1 fully saturated rings. The van der Waals surface area contributed by atoms with E-state index in [1.165, 1.54) is 4.90 Å². The normalized spacial score (nSPS) is 24.7. The molecule has 5 nitrogen and oxygen atoms in total. The third kappa shape index (κ3) is 2.31. The van der Waals surface area contributed by atoms with Crippen LogP contribution in [0.15, 0.2) is 41.2 Å². The van der Waals surface area contributed by atoms with Crippen LogP contribution in [-0.2, 0) is 9.59 Å². The molecule has 0 aromatic carbocycles. The average molecular weight is 308 g/mol. The molecule has 0 saturated carbocycles. The van der Waals surface area contributed by atoms with Gasteiger partial charge in [0.2, 0.25) is 5.91 Å². The molecule has 1 saturated heterocycles. The van der Waals surface area contributed by atoms with Crippen LogP contribution >= 0.6 is 23.5 Å². The monoisotopic (exact) mass is 308 g/mol. The number of hydrogen-bond donors (Lipinski definition) is 1. The predicted molar refractivity (Wildman–Crippen MR) is 77.3 cm³/mol. The molecule has 7 heteroatoms. The average Bonchev–Trinajstić information content (AvgIpc) is 2.47. The summed E-state index contributed by atoms with van der Waals surface area (Å²) in [5.41, 5.74) is 0.126. The minimum atomic E-state index is -1.03. The Kier molecular flexibility index (Phi) is 3.71. The van der Waals surface area contributed by atoms with E-state index in [-0.39, 0.29) is 22.9 Å². The largest absolute Gasteiger partial charge is 0.477 e. The number of fused-ring (bicyclic) bond motifs is 1. The minimum absolute atomic E-state index is 0.0391. The van der Waals surface area contributed by atoms with E-state index >= 15 is 0 Å². The predicted octanol–water partition coefficient (Wildman–Crippen LogP) is 1.67. The summed E-state index contributed by atoms with van der Waals surface area (Å²) in [5, 5.41) is 9.05. The zero-order chi connectivity index (χ0) is 14.1. The summed E-state index contributed by atoms with van der Waals surface area (Å²) < 4.78 is 0. The van der Waals surface area contributed by atoms with Gasteiger partial charge in [0.05, 0.1) is 11.3 Å². The number of thioether (sulfide) groups is 2. The Bertz CT molecular complexity index is 576. The number of pyridine rings is 1. The first kappa shape index (κ1) is 13.5. The van der Waals surface area contributed by atoms with Crippen molar-refractivity contribution in [2.24, 2.45) is 5.92 Å². The van der Waals surface area contributed by atoms with Crippen molar-refractivity contribution in [1.29, 1.82) is 0 Å². The Morgan fingerprint density at radius 3 is 3.15 bits per heavy atom. The summed E-state index contributed by atoms with van der Waals surface area (Å²) >= 11 is 3.20. The standard InChI is InChI=1S/C13H12N2O3S2/c16-11-9(7-20-8-2-1-4-14-6-8)12-15(11)10(13(17)18)3-5-19-12/h1-4,6,9,12H,5,7H2,(H,17,18)/t9?,12-/m0/s1. The molecule has 2 aliphatic heterocycles. The summed E-state index contributed by atoms with van der Waals surface area (Å²) in [4.78, 5) is 29.7. The molecule has 2 aliphatic rings. The minimum Gasteiger partial charge on any atom is -0.477 e. The van der Waals surface area contributed by atoms with Crippen LogP contribution in [0.5, 0.6) is 0 Å². The maximum absolute atomic E-state index is 12.1. The van der Waals surface area contributed by atoms with Crippen LogP contribution in [0, 0.1) is 5.92 Å². The van der Waals surface area contributed by atoms with Gasteiger partial charge in [0, 0.05) is 28.8 Å². The molecular formula is C13H12N2O3S2. The van der Waals surface area contributed by atoms with Gasteiger partial charge in [-0.3, -0.25) is 14.7 Å². The lowest BCUT2D eigenvalue weighted by atomic mass is 9.99. The molecule has 1 aromatic heterocycles. The number of β-lactam (4-membered cyclic amide) rings is 1. The summed E-state index contributed by atoms with van der Waals surface area (Å²) in [7, 11) is 0. The van der Waals surface area contributed by atoms with Gasteiger partial charge in [0.1, 0.15) is 5.70 Å². The van der Waals surface area contributed by atoms with E-state index < -0.39 is 5.97 Å². The second kappa shape index (κ2) is 5.49. The molecule has 104 valence electrons. The molecule has 0 radical (unpaired) electrons. The van der Waals surface area contributed by atoms with Crippen molar-refractivity contribution in [2.45, 2.75) is 10.3 Å². The lowest BCUT2D eigenvalue weighted by molar-refractivity contribution is -0.151. The molecule has 1 amide bonds. The zero-order valence-corrected chi connectivity index (χ0v) is 12.1. The van der Waals surface area contributed by atoms with Gasteiger partial charge in [-0.1, -0.05) is 0 Å². The number of carboxylic acids is 1. The fourth-order valence-corrected chi connectivity index (χ4v) is 4.65. The van der Waals surface area contributed by atoms with Gasteiger partial charge in [-0.15, -0.1) is 23.5 Å². The number of hydrogen-bond acceptors (Lipinski definition) is 5. The lowest BCUT2D eigenvalue weighted by Gasteiger charge is -2.48. The van der Waals surface area contributed by atoms with Crippen molar-refractivity contribution in [2.75, 3.05) is 11.5 Å². The Morgan fingerprint density at radius 1 is 1.60 bits per heavy atom. The molecule has 1 aromatic rings. The van der Waals surface area contributed by atoms with Crippen molar-refractivity contribution >= 4 is 35.4 Å². The number of nitrogens with zero attached hydrogens (tertiary/aromatic N) is 2. The van der Waals surface area contributed by atoms with E-state index in [0.717, 1.165) is 4.90 Å². The lowest BCUT2D eigenvalue weighted by Crippen LogP contribution is -2.61. The summed E-state index contributed by atoms with van der Waals surface area (Å²) in [6.45, 7) is 0. The molecule has 0 spiro atoms. The van der Waals surface area contributed by atoms with Crippen LogP contribution in [0.1, 0.15) is 0 Å². The number of aromatic nitrogens is 1. The fourth-order valence-electron chi connectivity index (χ4n) is 2.26. The third-order valence-corrected chi connectivity index (χ3v) is 5.58. The van der Waals surface area contributed by atoms with E-state index in [2.05, 4.69) is 4.98 Å². The maximum atomic E-state index is 12.1. The Morgan fingerprint density at radius 2 is 2.45 bits per heavy atom. The second-order valence-electron chi connectivity index (χ2n) is 4.43. The van der Waals surface area contributed by atoms with E-state index in [9.17, 15) is 9.59 Å². The Hall–Kier alpha value is -1.47. The fraction of sp³-hybridized carbons (Fsp3) is 0.308. The van der Waals surface area contributed by atoms with Gasteiger partial charge >= 0.3 is 5.97 Å². The van der Waals surface area contributed by atoms with Gasteiger partial charge in [0.25, 0.3) is 0 Å². The van der Waals surface area contributed by atoms with E-state index in [0.29, 0.717) is 11.5 Å². The van der Waals surface area contributed by atoms with Gasteiger partial charge < -0.3 is 5.11 Å². The van der Waals surface area contributed by atoms with E-state index in [1.54, 1.807) is 42.0 Å². The Labute approximate surface area is 124 Å².